The molecule has 0 saturated carbocycles. The zero-order valence-corrected chi connectivity index (χ0v) is 11.3. The molecular formula is C12H8ClF3N2S. The van der Waals surface area contributed by atoms with Crippen molar-refractivity contribution < 1.29 is 13.2 Å². The lowest BCUT2D eigenvalue weighted by Crippen LogP contribution is -2.09. The van der Waals surface area contributed by atoms with E-state index < -0.39 is 17.2 Å². The number of rotatable bonds is 2. The van der Waals surface area contributed by atoms with Crippen LogP contribution in [0.3, 0.4) is 0 Å². The van der Waals surface area contributed by atoms with Crippen LogP contribution in [0.2, 0.25) is 5.28 Å². The molecule has 1 aromatic carbocycles. The van der Waals surface area contributed by atoms with Crippen molar-refractivity contribution in [3.05, 3.63) is 46.9 Å². The number of halogens is 4. The second kappa shape index (κ2) is 5.38. The van der Waals surface area contributed by atoms with Crippen LogP contribution in [0.1, 0.15) is 11.3 Å². The van der Waals surface area contributed by atoms with Gasteiger partial charge in [0.15, 0.2) is 5.69 Å². The van der Waals surface area contributed by atoms with E-state index in [9.17, 15) is 13.2 Å². The monoisotopic (exact) mass is 304 g/mol. The lowest BCUT2D eigenvalue weighted by atomic mass is 10.2. The fraction of sp³-hybridized carbons (Fsp3) is 0.167. The van der Waals surface area contributed by atoms with E-state index >= 15 is 0 Å². The van der Waals surface area contributed by atoms with E-state index in [0.29, 0.717) is 0 Å². The van der Waals surface area contributed by atoms with Crippen molar-refractivity contribution in [1.29, 1.82) is 0 Å². The lowest BCUT2D eigenvalue weighted by Gasteiger charge is -2.08. The van der Waals surface area contributed by atoms with Crippen molar-refractivity contribution in [1.82, 2.24) is 9.97 Å². The Balaban J connectivity index is 2.36. The highest BCUT2D eigenvalue weighted by Gasteiger charge is 2.33. The van der Waals surface area contributed by atoms with Crippen molar-refractivity contribution in [2.24, 2.45) is 0 Å². The molecule has 0 aliphatic rings. The first-order valence-corrected chi connectivity index (χ1v) is 6.41. The lowest BCUT2D eigenvalue weighted by molar-refractivity contribution is -0.141. The molecule has 0 amide bonds. The zero-order valence-electron chi connectivity index (χ0n) is 9.70. The normalized spacial score (nSPS) is 11.6. The number of aryl methyl sites for hydroxylation is 1. The summed E-state index contributed by atoms with van der Waals surface area (Å²) < 4.78 is 37.8. The van der Waals surface area contributed by atoms with Gasteiger partial charge in [0.05, 0.1) is 0 Å². The third-order valence-corrected chi connectivity index (χ3v) is 3.54. The highest BCUT2D eigenvalue weighted by atomic mass is 35.5. The Bertz CT molecular complexity index is 602. The molecule has 1 heterocycles. The van der Waals surface area contributed by atoms with Crippen LogP contribution < -0.4 is 0 Å². The molecule has 19 heavy (non-hydrogen) atoms. The Morgan fingerprint density at radius 1 is 1.16 bits per heavy atom. The average molecular weight is 305 g/mol. The van der Waals surface area contributed by atoms with Gasteiger partial charge in [0.2, 0.25) is 5.28 Å². The molecule has 0 radical (unpaired) electrons. The third kappa shape index (κ3) is 3.61. The summed E-state index contributed by atoms with van der Waals surface area (Å²) in [5, 5.41) is -0.243. The predicted molar refractivity (Wildman–Crippen MR) is 67.3 cm³/mol. The maximum atomic E-state index is 12.6. The van der Waals surface area contributed by atoms with Gasteiger partial charge in [-0.2, -0.15) is 13.2 Å². The first kappa shape index (κ1) is 14.1. The molecule has 0 N–H and O–H groups in total. The van der Waals surface area contributed by atoms with Gasteiger partial charge in [0, 0.05) is 11.0 Å². The topological polar surface area (TPSA) is 25.8 Å². The fourth-order valence-electron chi connectivity index (χ4n) is 1.38. The summed E-state index contributed by atoms with van der Waals surface area (Å²) in [6.45, 7) is 1.87. The van der Waals surface area contributed by atoms with Gasteiger partial charge in [-0.25, -0.2) is 9.97 Å². The van der Waals surface area contributed by atoms with E-state index in [2.05, 4.69) is 9.97 Å². The van der Waals surface area contributed by atoms with Gasteiger partial charge in [-0.3, -0.25) is 0 Å². The average Bonchev–Trinajstić information content (AvgIpc) is 2.30. The molecule has 0 saturated heterocycles. The van der Waals surface area contributed by atoms with E-state index in [1.807, 2.05) is 31.2 Å². The SMILES string of the molecule is Cc1ccccc1Sc1cc(C(F)(F)F)nc(Cl)n1. The van der Waals surface area contributed by atoms with Gasteiger partial charge in [-0.1, -0.05) is 30.0 Å². The summed E-state index contributed by atoms with van der Waals surface area (Å²) in [6, 6.07) is 8.23. The minimum Gasteiger partial charge on any atom is -0.213 e. The summed E-state index contributed by atoms with van der Waals surface area (Å²) in [6.07, 6.45) is -4.53. The van der Waals surface area contributed by atoms with E-state index in [1.165, 1.54) is 0 Å². The molecule has 0 spiro atoms. The van der Waals surface area contributed by atoms with Gasteiger partial charge in [-0.05, 0) is 30.2 Å². The summed E-state index contributed by atoms with van der Waals surface area (Å²) in [5.74, 6) is 0. The molecular weight excluding hydrogens is 297 g/mol. The van der Waals surface area contributed by atoms with Gasteiger partial charge in [0.1, 0.15) is 5.03 Å². The molecule has 1 aromatic heterocycles. The van der Waals surface area contributed by atoms with Crippen LogP contribution in [0, 0.1) is 6.92 Å². The predicted octanol–water partition coefficient (Wildman–Crippen LogP) is 4.61. The summed E-state index contributed by atoms with van der Waals surface area (Å²) in [7, 11) is 0. The van der Waals surface area contributed by atoms with Gasteiger partial charge >= 0.3 is 6.18 Å². The Morgan fingerprint density at radius 3 is 2.47 bits per heavy atom. The minimum atomic E-state index is -4.53. The van der Waals surface area contributed by atoms with E-state index in [-0.39, 0.29) is 5.03 Å². The van der Waals surface area contributed by atoms with Crippen LogP contribution in [0.5, 0.6) is 0 Å². The smallest absolute Gasteiger partial charge is 0.213 e. The van der Waals surface area contributed by atoms with Crippen molar-refractivity contribution in [3.8, 4) is 0 Å². The first-order chi connectivity index (χ1) is 8.86. The Kier molecular flexibility index (Phi) is 4.01. The molecule has 0 bridgehead atoms. The Morgan fingerprint density at radius 2 is 1.84 bits per heavy atom. The maximum absolute atomic E-state index is 12.6. The number of hydrogen-bond donors (Lipinski definition) is 0. The van der Waals surface area contributed by atoms with Gasteiger partial charge in [-0.15, -0.1) is 0 Å². The van der Waals surface area contributed by atoms with Crippen LogP contribution in [-0.2, 0) is 6.18 Å². The van der Waals surface area contributed by atoms with Gasteiger partial charge < -0.3 is 0 Å². The number of nitrogens with zero attached hydrogens (tertiary/aromatic N) is 2. The zero-order chi connectivity index (χ0) is 14.0. The molecule has 0 fully saturated rings. The largest absolute Gasteiger partial charge is 0.433 e. The van der Waals surface area contributed by atoms with Crippen molar-refractivity contribution >= 4 is 23.4 Å². The van der Waals surface area contributed by atoms with Gasteiger partial charge in [0.25, 0.3) is 0 Å². The molecule has 2 rings (SSSR count). The highest BCUT2D eigenvalue weighted by Crippen LogP contribution is 2.34. The molecule has 0 atom stereocenters. The molecule has 0 aliphatic carbocycles. The second-order valence-corrected chi connectivity index (χ2v) is 5.13. The van der Waals surface area contributed by atoms with Crippen LogP contribution in [0.15, 0.2) is 40.3 Å². The maximum Gasteiger partial charge on any atom is 0.433 e. The highest BCUT2D eigenvalue weighted by molar-refractivity contribution is 7.99. The number of aromatic nitrogens is 2. The van der Waals surface area contributed by atoms with E-state index in [4.69, 9.17) is 11.6 Å². The molecule has 0 unspecified atom stereocenters. The van der Waals surface area contributed by atoms with E-state index in [0.717, 1.165) is 28.3 Å². The van der Waals surface area contributed by atoms with E-state index in [1.54, 1.807) is 0 Å². The quantitative estimate of drug-likeness (QED) is 0.598. The fourth-order valence-corrected chi connectivity index (χ4v) is 2.51. The van der Waals surface area contributed by atoms with Crippen molar-refractivity contribution in [3.63, 3.8) is 0 Å². The van der Waals surface area contributed by atoms with Crippen LogP contribution in [0.4, 0.5) is 13.2 Å². The number of hydrogen-bond acceptors (Lipinski definition) is 3. The minimum absolute atomic E-state index is 0.168. The Labute approximate surface area is 117 Å². The van der Waals surface area contributed by atoms with Crippen LogP contribution in [0.25, 0.3) is 0 Å². The molecule has 100 valence electrons. The summed E-state index contributed by atoms with van der Waals surface area (Å²) >= 11 is 6.65. The number of alkyl halides is 3. The third-order valence-electron chi connectivity index (χ3n) is 2.27. The summed E-state index contributed by atoms with van der Waals surface area (Å²) in [5.41, 5.74) is -0.0839. The number of benzene rings is 1. The standard InChI is InChI=1S/C12H8ClF3N2S/c1-7-4-2-3-5-8(7)19-10-6-9(12(14,15)16)17-11(13)18-10/h2-6H,1H3. The molecule has 0 aliphatic heterocycles. The molecule has 2 nitrogen and oxygen atoms in total. The molecule has 2 aromatic rings. The van der Waals surface area contributed by atoms with Crippen molar-refractivity contribution in [2.45, 2.75) is 23.0 Å². The Hall–Kier alpha value is -1.27. The second-order valence-electron chi connectivity index (χ2n) is 3.73. The van der Waals surface area contributed by atoms with Crippen LogP contribution in [-0.4, -0.2) is 9.97 Å². The first-order valence-electron chi connectivity index (χ1n) is 5.21. The molecule has 7 heteroatoms. The van der Waals surface area contributed by atoms with Crippen LogP contribution >= 0.6 is 23.4 Å². The van der Waals surface area contributed by atoms with Crippen molar-refractivity contribution in [2.75, 3.05) is 0 Å². The summed E-state index contributed by atoms with van der Waals surface area (Å²) in [4.78, 5) is 7.81.